The number of ether oxygens (including phenoxy) is 1. The van der Waals surface area contributed by atoms with E-state index in [1.165, 1.54) is 6.07 Å². The lowest BCUT2D eigenvalue weighted by atomic mass is 10.0. The minimum absolute atomic E-state index is 0.0893. The van der Waals surface area contributed by atoms with Crippen LogP contribution in [0.2, 0.25) is 0 Å². The van der Waals surface area contributed by atoms with E-state index in [4.69, 9.17) is 4.74 Å². The Bertz CT molecular complexity index is 781. The van der Waals surface area contributed by atoms with Crippen molar-refractivity contribution in [3.8, 4) is 11.5 Å². The summed E-state index contributed by atoms with van der Waals surface area (Å²) < 4.78 is 68.8. The van der Waals surface area contributed by atoms with E-state index in [1.54, 1.807) is 6.08 Å². The first-order chi connectivity index (χ1) is 11.6. The summed E-state index contributed by atoms with van der Waals surface area (Å²) in [6, 6.07) is 3.42. The lowest BCUT2D eigenvalue weighted by Crippen LogP contribution is -2.28. The number of esters is 1. The van der Waals surface area contributed by atoms with Gasteiger partial charge >= 0.3 is 21.6 Å². The Hall–Kier alpha value is -2.03. The van der Waals surface area contributed by atoms with Gasteiger partial charge in [0.15, 0.2) is 0 Å². The molecule has 0 spiro atoms. The van der Waals surface area contributed by atoms with Crippen molar-refractivity contribution in [1.82, 2.24) is 0 Å². The maximum absolute atomic E-state index is 12.4. The molecule has 9 heteroatoms. The highest BCUT2D eigenvalue weighted by atomic mass is 32.2. The van der Waals surface area contributed by atoms with Gasteiger partial charge in [-0.2, -0.15) is 21.6 Å². The molecule has 0 aromatic heterocycles. The largest absolute Gasteiger partial charge is 0.534 e. The number of hydrogen-bond donors (Lipinski definition) is 0. The number of hydrogen-bond acceptors (Lipinski definition) is 5. The number of halogens is 3. The Morgan fingerprint density at radius 2 is 1.84 bits per heavy atom. The third kappa shape index (κ3) is 5.22. The molecule has 1 heterocycles. The Morgan fingerprint density at radius 1 is 1.16 bits per heavy atom. The molecule has 0 N–H and O–H groups in total. The van der Waals surface area contributed by atoms with Gasteiger partial charge in [0.1, 0.15) is 11.5 Å². The Balaban J connectivity index is 2.27. The monoisotopic (exact) mass is 378 g/mol. The highest BCUT2D eigenvalue weighted by Crippen LogP contribution is 2.31. The summed E-state index contributed by atoms with van der Waals surface area (Å²) in [6.45, 7) is 1.91. The number of allylic oxidation sites excluding steroid dienone is 1. The zero-order chi connectivity index (χ0) is 18.7. The number of alkyl halides is 3. The number of carbonyl (C=O) groups is 1. The van der Waals surface area contributed by atoms with Gasteiger partial charge in [-0.05, 0) is 56.4 Å². The third-order valence-corrected chi connectivity index (χ3v) is 4.61. The molecule has 2 rings (SSSR count). The molecule has 0 saturated carbocycles. The Kier molecular flexibility index (Phi) is 5.76. The average Bonchev–Trinajstić information content (AvgIpc) is 2.52. The van der Waals surface area contributed by atoms with E-state index in [9.17, 15) is 26.4 Å². The molecule has 0 aliphatic carbocycles. The SMILES string of the molecule is C/C1=C\CC(=O)Oc2ccc(OS(=O)(=O)C(F)(F)F)cc2CCCC1. The van der Waals surface area contributed by atoms with Crippen LogP contribution in [0, 0.1) is 0 Å². The van der Waals surface area contributed by atoms with Crippen LogP contribution in [0.5, 0.6) is 11.5 Å². The molecule has 0 unspecified atom stereocenters. The van der Waals surface area contributed by atoms with Gasteiger partial charge in [0.25, 0.3) is 0 Å². The predicted molar refractivity (Wildman–Crippen MR) is 83.6 cm³/mol. The zero-order valence-electron chi connectivity index (χ0n) is 13.4. The summed E-state index contributed by atoms with van der Waals surface area (Å²) in [7, 11) is -5.75. The molecule has 1 aromatic rings. The van der Waals surface area contributed by atoms with Crippen molar-refractivity contribution in [3.63, 3.8) is 0 Å². The molecule has 1 aliphatic rings. The molecule has 5 nitrogen and oxygen atoms in total. The van der Waals surface area contributed by atoms with Crippen LogP contribution in [-0.4, -0.2) is 19.9 Å². The number of aryl methyl sites for hydroxylation is 1. The number of rotatable bonds is 2. The first kappa shape index (κ1) is 19.3. The summed E-state index contributed by atoms with van der Waals surface area (Å²) >= 11 is 0. The van der Waals surface area contributed by atoms with Crippen LogP contribution < -0.4 is 8.92 Å². The molecular formula is C16H17F3O5S. The van der Waals surface area contributed by atoms with Crippen molar-refractivity contribution < 1.29 is 35.3 Å². The van der Waals surface area contributed by atoms with Crippen molar-refractivity contribution >= 4 is 16.1 Å². The van der Waals surface area contributed by atoms with Crippen molar-refractivity contribution in [2.45, 2.75) is 44.5 Å². The molecule has 1 aromatic carbocycles. The standard InChI is InChI=1S/C16H17F3O5S/c1-11-4-2-3-5-12-10-13(24-25(21,22)16(17,18)19)7-8-14(12)23-15(20)9-6-11/h6-8,10H,2-5,9H2,1H3/b11-6+. The molecule has 0 radical (unpaired) electrons. The van der Waals surface area contributed by atoms with E-state index in [-0.39, 0.29) is 12.2 Å². The Labute approximate surface area is 143 Å². The Morgan fingerprint density at radius 3 is 2.52 bits per heavy atom. The van der Waals surface area contributed by atoms with Crippen molar-refractivity contribution in [2.75, 3.05) is 0 Å². The minimum atomic E-state index is -5.75. The molecule has 0 saturated heterocycles. The second-order valence-corrected chi connectivity index (χ2v) is 7.23. The highest BCUT2D eigenvalue weighted by Gasteiger charge is 2.48. The van der Waals surface area contributed by atoms with Gasteiger partial charge in [-0.3, -0.25) is 4.79 Å². The van der Waals surface area contributed by atoms with E-state index >= 15 is 0 Å². The fraction of sp³-hybridized carbons (Fsp3) is 0.438. The van der Waals surface area contributed by atoms with Gasteiger partial charge in [-0.15, -0.1) is 0 Å². The zero-order valence-corrected chi connectivity index (χ0v) is 14.2. The molecule has 25 heavy (non-hydrogen) atoms. The predicted octanol–water partition coefficient (Wildman–Crippen LogP) is 3.88. The average molecular weight is 378 g/mol. The molecule has 0 amide bonds. The van der Waals surface area contributed by atoms with Gasteiger partial charge in [0.2, 0.25) is 0 Å². The molecule has 0 bridgehead atoms. The lowest BCUT2D eigenvalue weighted by molar-refractivity contribution is -0.133. The van der Waals surface area contributed by atoms with Gasteiger partial charge in [0.05, 0.1) is 6.42 Å². The van der Waals surface area contributed by atoms with Crippen molar-refractivity contribution in [1.29, 1.82) is 0 Å². The van der Waals surface area contributed by atoms with Crippen LogP contribution in [0.4, 0.5) is 13.2 Å². The summed E-state index contributed by atoms with van der Waals surface area (Å²) in [5, 5.41) is 0. The third-order valence-electron chi connectivity index (χ3n) is 3.63. The van der Waals surface area contributed by atoms with E-state index in [0.29, 0.717) is 18.4 Å². The summed E-state index contributed by atoms with van der Waals surface area (Å²) in [6.07, 6.45) is 4.60. The first-order valence-corrected chi connectivity index (χ1v) is 8.99. The smallest absolute Gasteiger partial charge is 0.426 e. The fourth-order valence-corrected chi connectivity index (χ4v) is 2.77. The van der Waals surface area contributed by atoms with Gasteiger partial charge in [0, 0.05) is 0 Å². The maximum Gasteiger partial charge on any atom is 0.534 e. The topological polar surface area (TPSA) is 69.7 Å². The number of carbonyl (C=O) groups excluding carboxylic acids is 1. The second-order valence-electron chi connectivity index (χ2n) is 5.69. The van der Waals surface area contributed by atoms with Crippen LogP contribution in [0.25, 0.3) is 0 Å². The van der Waals surface area contributed by atoms with Crippen LogP contribution in [-0.2, 0) is 21.3 Å². The quantitative estimate of drug-likeness (QED) is 0.257. The minimum Gasteiger partial charge on any atom is -0.426 e. The number of fused-ring (bicyclic) bond motifs is 1. The molecule has 1 aliphatic heterocycles. The maximum atomic E-state index is 12.4. The van der Waals surface area contributed by atoms with Crippen LogP contribution in [0.3, 0.4) is 0 Å². The van der Waals surface area contributed by atoms with Crippen LogP contribution >= 0.6 is 0 Å². The van der Waals surface area contributed by atoms with E-state index in [2.05, 4.69) is 4.18 Å². The van der Waals surface area contributed by atoms with Gasteiger partial charge in [-0.25, -0.2) is 0 Å². The molecule has 138 valence electrons. The van der Waals surface area contributed by atoms with E-state index < -0.39 is 27.3 Å². The normalized spacial score (nSPS) is 19.0. The van der Waals surface area contributed by atoms with Gasteiger partial charge < -0.3 is 8.92 Å². The second kappa shape index (κ2) is 7.47. The van der Waals surface area contributed by atoms with E-state index in [1.807, 2.05) is 6.92 Å². The van der Waals surface area contributed by atoms with Crippen molar-refractivity contribution in [2.24, 2.45) is 0 Å². The highest BCUT2D eigenvalue weighted by molar-refractivity contribution is 7.88. The van der Waals surface area contributed by atoms with Crippen molar-refractivity contribution in [3.05, 3.63) is 35.4 Å². The van der Waals surface area contributed by atoms with E-state index in [0.717, 1.165) is 30.5 Å². The molecule has 0 fully saturated rings. The van der Waals surface area contributed by atoms with Crippen LogP contribution in [0.15, 0.2) is 29.8 Å². The molecular weight excluding hydrogens is 361 g/mol. The summed E-state index contributed by atoms with van der Waals surface area (Å²) in [5.74, 6) is -0.787. The lowest BCUT2D eigenvalue weighted by Gasteiger charge is -2.13. The van der Waals surface area contributed by atoms with Gasteiger partial charge in [-0.1, -0.05) is 11.6 Å². The fourth-order valence-electron chi connectivity index (χ4n) is 2.32. The number of benzene rings is 1. The van der Waals surface area contributed by atoms with Crippen LogP contribution in [0.1, 0.15) is 38.2 Å². The molecule has 0 atom stereocenters. The summed E-state index contributed by atoms with van der Waals surface area (Å²) in [5.41, 5.74) is -4.04. The summed E-state index contributed by atoms with van der Waals surface area (Å²) in [4.78, 5) is 11.8. The first-order valence-electron chi connectivity index (χ1n) is 7.58.